The van der Waals surface area contributed by atoms with Crippen LogP contribution in [0, 0.1) is 5.82 Å². The van der Waals surface area contributed by atoms with Gasteiger partial charge in [-0.05, 0) is 20.2 Å². The molecule has 136 valence electrons. The van der Waals surface area contributed by atoms with Crippen LogP contribution in [0.1, 0.15) is 11.6 Å². The van der Waals surface area contributed by atoms with E-state index in [-0.39, 0.29) is 17.6 Å². The second-order valence-corrected chi connectivity index (χ2v) is 6.47. The molecule has 3 rings (SSSR count). The van der Waals surface area contributed by atoms with E-state index in [9.17, 15) is 4.39 Å². The predicted molar refractivity (Wildman–Crippen MR) is 91.3 cm³/mol. The van der Waals surface area contributed by atoms with Gasteiger partial charge in [-0.1, -0.05) is 5.21 Å². The number of nitrogens with zero attached hydrogens (tertiary/aromatic N) is 5. The van der Waals surface area contributed by atoms with Crippen LogP contribution in [0.5, 0.6) is 11.5 Å². The molecule has 1 saturated heterocycles. The lowest BCUT2D eigenvalue weighted by atomic mass is 10.1. The van der Waals surface area contributed by atoms with Gasteiger partial charge in [-0.2, -0.15) is 0 Å². The molecule has 1 fully saturated rings. The Balaban J connectivity index is 1.81. The molecule has 0 radical (unpaired) electrons. The van der Waals surface area contributed by atoms with Crippen LogP contribution in [0.15, 0.2) is 24.5 Å². The lowest BCUT2D eigenvalue weighted by molar-refractivity contribution is 0.237. The topological polar surface area (TPSA) is 55.7 Å². The minimum Gasteiger partial charge on any atom is -0.496 e. The van der Waals surface area contributed by atoms with Gasteiger partial charge in [0.25, 0.3) is 0 Å². The highest BCUT2D eigenvalue weighted by Crippen LogP contribution is 2.31. The first-order valence-electron chi connectivity index (χ1n) is 8.18. The molecule has 1 aromatic carbocycles. The third kappa shape index (κ3) is 3.59. The monoisotopic (exact) mass is 349 g/mol. The molecule has 0 amide bonds. The summed E-state index contributed by atoms with van der Waals surface area (Å²) in [5.74, 6) is 0.437. The second kappa shape index (κ2) is 7.37. The minimum atomic E-state index is -0.380. The number of methoxy groups -OCH3 is 2. The van der Waals surface area contributed by atoms with Crippen LogP contribution in [-0.2, 0) is 6.54 Å². The summed E-state index contributed by atoms with van der Waals surface area (Å²) in [5, 5.41) is 8.08. The number of hydrogen-bond donors (Lipinski definition) is 0. The Bertz CT molecular complexity index is 707. The summed E-state index contributed by atoms with van der Waals surface area (Å²) in [6.45, 7) is 2.26. The normalized spacial score (nSPS) is 21.0. The van der Waals surface area contributed by atoms with Crippen LogP contribution in [0.2, 0.25) is 0 Å². The van der Waals surface area contributed by atoms with Gasteiger partial charge >= 0.3 is 0 Å². The summed E-state index contributed by atoms with van der Waals surface area (Å²) in [5.41, 5.74) is 0.803. The highest BCUT2D eigenvalue weighted by molar-refractivity contribution is 5.42. The molecule has 8 heteroatoms. The molecule has 0 bridgehead atoms. The van der Waals surface area contributed by atoms with Crippen LogP contribution < -0.4 is 9.47 Å². The zero-order valence-corrected chi connectivity index (χ0v) is 15.0. The Labute approximate surface area is 146 Å². The average Bonchev–Trinajstić information content (AvgIpc) is 3.24. The van der Waals surface area contributed by atoms with Crippen molar-refractivity contribution in [2.45, 2.75) is 18.6 Å². The van der Waals surface area contributed by atoms with E-state index < -0.39 is 0 Å². The number of halogens is 1. The van der Waals surface area contributed by atoms with Crippen molar-refractivity contribution in [3.05, 3.63) is 35.9 Å². The summed E-state index contributed by atoms with van der Waals surface area (Å²) < 4.78 is 26.5. The largest absolute Gasteiger partial charge is 0.496 e. The molecule has 0 spiro atoms. The van der Waals surface area contributed by atoms with Gasteiger partial charge in [0.05, 0.1) is 26.5 Å². The van der Waals surface area contributed by atoms with Gasteiger partial charge in [-0.25, -0.2) is 9.07 Å². The Kier molecular flexibility index (Phi) is 5.19. The quantitative estimate of drug-likeness (QED) is 0.786. The Morgan fingerprint density at radius 2 is 1.96 bits per heavy atom. The van der Waals surface area contributed by atoms with Gasteiger partial charge in [0.2, 0.25) is 0 Å². The summed E-state index contributed by atoms with van der Waals surface area (Å²) in [7, 11) is 7.15. The van der Waals surface area contributed by atoms with Gasteiger partial charge in [0, 0.05) is 43.5 Å². The first-order valence-corrected chi connectivity index (χ1v) is 8.18. The van der Waals surface area contributed by atoms with E-state index in [4.69, 9.17) is 9.47 Å². The second-order valence-electron chi connectivity index (χ2n) is 6.47. The fourth-order valence-corrected chi connectivity index (χ4v) is 3.42. The van der Waals surface area contributed by atoms with Crippen LogP contribution in [-0.4, -0.2) is 72.2 Å². The van der Waals surface area contributed by atoms with Gasteiger partial charge in [0.1, 0.15) is 5.75 Å². The number of hydrogen-bond acceptors (Lipinski definition) is 6. The summed E-state index contributed by atoms with van der Waals surface area (Å²) in [4.78, 5) is 4.47. The molecule has 25 heavy (non-hydrogen) atoms. The predicted octanol–water partition coefficient (Wildman–Crippen LogP) is 1.42. The molecule has 7 nitrogen and oxygen atoms in total. The van der Waals surface area contributed by atoms with Crippen molar-refractivity contribution in [3.63, 3.8) is 0 Å². The highest BCUT2D eigenvalue weighted by atomic mass is 19.1. The van der Waals surface area contributed by atoms with Gasteiger partial charge in [-0.15, -0.1) is 5.10 Å². The summed E-state index contributed by atoms with van der Waals surface area (Å²) in [6.07, 6.45) is 3.58. The minimum absolute atomic E-state index is 0.189. The molecule has 2 atom stereocenters. The lowest BCUT2D eigenvalue weighted by Gasteiger charge is -2.24. The van der Waals surface area contributed by atoms with E-state index in [1.54, 1.807) is 19.4 Å². The first-order chi connectivity index (χ1) is 12.0. The van der Waals surface area contributed by atoms with Crippen molar-refractivity contribution < 1.29 is 13.9 Å². The molecule has 0 unspecified atom stereocenters. The number of benzene rings is 1. The number of aromatic nitrogens is 3. The van der Waals surface area contributed by atoms with E-state index in [0.29, 0.717) is 18.3 Å². The lowest BCUT2D eigenvalue weighted by Crippen LogP contribution is -2.36. The fraction of sp³-hybridized carbons (Fsp3) is 0.529. The zero-order valence-electron chi connectivity index (χ0n) is 15.0. The molecule has 0 saturated carbocycles. The molecule has 1 aliphatic rings. The number of likely N-dealkylation sites (tertiary alicyclic amines) is 1. The molecular weight excluding hydrogens is 325 g/mol. The Hall–Kier alpha value is -2.19. The van der Waals surface area contributed by atoms with E-state index in [1.807, 2.05) is 10.9 Å². The third-order valence-electron chi connectivity index (χ3n) is 4.73. The molecular formula is C17H24FN5O2. The standard InChI is InChI=1S/C17H24FN5O2/c1-21(2)14-10-22(11-15(14)23-6-5-19-20-23)9-12-7-13(18)17(25-4)8-16(12)24-3/h5-8,14-15H,9-11H2,1-4H3/t14-,15+/m1/s1. The van der Waals surface area contributed by atoms with Crippen LogP contribution in [0.3, 0.4) is 0 Å². The maximum absolute atomic E-state index is 14.1. The molecule has 1 aliphatic heterocycles. The molecule has 2 aromatic rings. The first kappa shape index (κ1) is 17.6. The smallest absolute Gasteiger partial charge is 0.165 e. The molecule has 1 aromatic heterocycles. The van der Waals surface area contributed by atoms with Crippen LogP contribution in [0.25, 0.3) is 0 Å². The van der Waals surface area contributed by atoms with Crippen molar-refractivity contribution in [3.8, 4) is 11.5 Å². The number of likely N-dealkylation sites (N-methyl/N-ethyl adjacent to an activating group) is 1. The van der Waals surface area contributed by atoms with Crippen molar-refractivity contribution in [2.75, 3.05) is 41.4 Å². The van der Waals surface area contributed by atoms with E-state index in [2.05, 4.69) is 34.2 Å². The van der Waals surface area contributed by atoms with Crippen LogP contribution in [0.4, 0.5) is 4.39 Å². The van der Waals surface area contributed by atoms with Gasteiger partial charge < -0.3 is 14.4 Å². The van der Waals surface area contributed by atoms with E-state index in [1.165, 1.54) is 13.2 Å². The summed E-state index contributed by atoms with van der Waals surface area (Å²) in [6, 6.07) is 3.59. The van der Waals surface area contributed by atoms with Crippen molar-refractivity contribution in [2.24, 2.45) is 0 Å². The maximum Gasteiger partial charge on any atom is 0.165 e. The highest BCUT2D eigenvalue weighted by Gasteiger charge is 2.36. The SMILES string of the molecule is COc1cc(OC)c(CN2C[C@@H](N(C)C)[C@@H](n3ccnn3)C2)cc1F. The summed E-state index contributed by atoms with van der Waals surface area (Å²) >= 11 is 0. The average molecular weight is 349 g/mol. The molecule has 0 N–H and O–H groups in total. The van der Waals surface area contributed by atoms with Gasteiger partial charge in [-0.3, -0.25) is 4.90 Å². The van der Waals surface area contributed by atoms with Crippen LogP contribution >= 0.6 is 0 Å². The fourth-order valence-electron chi connectivity index (χ4n) is 3.42. The maximum atomic E-state index is 14.1. The Morgan fingerprint density at radius 1 is 1.20 bits per heavy atom. The van der Waals surface area contributed by atoms with Gasteiger partial charge in [0.15, 0.2) is 11.6 Å². The number of ether oxygens (including phenoxy) is 2. The van der Waals surface area contributed by atoms with Crippen molar-refractivity contribution >= 4 is 0 Å². The zero-order chi connectivity index (χ0) is 18.0. The molecule has 2 heterocycles. The molecule has 0 aliphatic carbocycles. The number of rotatable bonds is 6. The van der Waals surface area contributed by atoms with E-state index in [0.717, 1.165) is 18.7 Å². The van der Waals surface area contributed by atoms with Crippen molar-refractivity contribution in [1.82, 2.24) is 24.8 Å². The van der Waals surface area contributed by atoms with Crippen molar-refractivity contribution in [1.29, 1.82) is 0 Å². The third-order valence-corrected chi connectivity index (χ3v) is 4.73. The van der Waals surface area contributed by atoms with E-state index >= 15 is 0 Å². The Morgan fingerprint density at radius 3 is 2.56 bits per heavy atom.